The van der Waals surface area contributed by atoms with E-state index in [1.807, 2.05) is 32.9 Å². The Labute approximate surface area is 210 Å². The molecule has 1 aromatic rings. The maximum absolute atomic E-state index is 13.6. The van der Waals surface area contributed by atoms with Crippen LogP contribution in [0.1, 0.15) is 71.4 Å². The first kappa shape index (κ1) is 28.1. The predicted molar refractivity (Wildman–Crippen MR) is 142 cm³/mol. The van der Waals surface area contributed by atoms with Gasteiger partial charge in [-0.3, -0.25) is 4.79 Å². The fourth-order valence-corrected chi connectivity index (χ4v) is 4.76. The van der Waals surface area contributed by atoms with Crippen molar-refractivity contribution in [3.05, 3.63) is 82.6 Å². The Balaban J connectivity index is 2.27. The van der Waals surface area contributed by atoms with E-state index in [0.29, 0.717) is 18.8 Å². The van der Waals surface area contributed by atoms with Crippen LogP contribution in [0.3, 0.4) is 0 Å². The molecule has 186 valence electrons. The Morgan fingerprint density at radius 1 is 1.32 bits per heavy atom. The molecule has 0 radical (unpaired) electrons. The van der Waals surface area contributed by atoms with Crippen molar-refractivity contribution in [2.45, 2.75) is 72.9 Å². The summed E-state index contributed by atoms with van der Waals surface area (Å²) < 4.78 is 19.4. The van der Waals surface area contributed by atoms with Crippen LogP contribution in [0.5, 0.6) is 0 Å². The van der Waals surface area contributed by atoms with Gasteiger partial charge in [-0.05, 0) is 61.6 Å². The van der Waals surface area contributed by atoms with Crippen molar-refractivity contribution in [1.29, 1.82) is 0 Å². The second kappa shape index (κ2) is 12.5. The molecule has 4 heteroatoms. The summed E-state index contributed by atoms with van der Waals surface area (Å²) in [5.41, 5.74) is 3.23. The second-order valence-corrected chi connectivity index (χ2v) is 10.1. The van der Waals surface area contributed by atoms with Crippen LogP contribution < -0.4 is 0 Å². The number of rotatable bonds is 13. The number of halogens is 2. The Morgan fingerprint density at radius 2 is 2.03 bits per heavy atom. The van der Waals surface area contributed by atoms with Crippen LogP contribution in [0.2, 0.25) is 0 Å². The first-order chi connectivity index (χ1) is 16.1. The highest BCUT2D eigenvalue weighted by atomic mass is 35.5. The van der Waals surface area contributed by atoms with Crippen molar-refractivity contribution >= 4 is 17.4 Å². The summed E-state index contributed by atoms with van der Waals surface area (Å²) in [4.78, 5) is 13.4. The molecule has 1 saturated carbocycles. The molecule has 34 heavy (non-hydrogen) atoms. The molecular formula is C30H40ClFO2. The largest absolute Gasteiger partial charge is 0.498 e. The van der Waals surface area contributed by atoms with Crippen molar-refractivity contribution in [1.82, 2.24) is 0 Å². The molecule has 0 spiro atoms. The Morgan fingerprint density at radius 3 is 2.62 bits per heavy atom. The highest BCUT2D eigenvalue weighted by Gasteiger charge is 2.60. The number of alkyl halides is 1. The van der Waals surface area contributed by atoms with E-state index in [2.05, 4.69) is 50.8 Å². The highest BCUT2D eigenvalue weighted by Crippen LogP contribution is 2.61. The third-order valence-corrected chi connectivity index (χ3v) is 7.23. The average Bonchev–Trinajstić information content (AvgIpc) is 3.34. The van der Waals surface area contributed by atoms with Gasteiger partial charge in [0.1, 0.15) is 12.0 Å². The molecule has 0 aromatic heterocycles. The SMILES string of the molecule is C=C(OCC)C(CC(=O)C1C(/C=C(\Cl)C(C)F)C1(C)C)c1cccc(CC(/C=C\CC)=C/C)c1. The van der Waals surface area contributed by atoms with E-state index in [1.54, 1.807) is 6.08 Å². The van der Waals surface area contributed by atoms with Crippen molar-refractivity contribution < 1.29 is 13.9 Å². The standard InChI is InChI=1S/C30H40ClFO2/c1-8-11-13-22(9-2)16-23-14-12-15-24(17-23)25(21(5)34-10-3)18-28(33)29-26(30(29,6)7)19-27(31)20(4)32/h9,11-15,17,19-20,25-26,29H,5,8,10,16,18H2,1-4,6-7H3/b13-11-,22-9+,27-19-. The Kier molecular flexibility index (Phi) is 10.4. The quantitative estimate of drug-likeness (QED) is 0.206. The van der Waals surface area contributed by atoms with Crippen LogP contribution in [-0.4, -0.2) is 18.6 Å². The number of carbonyl (C=O) groups excluding carboxylic acids is 1. The fraction of sp³-hybridized carbons (Fsp3) is 0.500. The third-order valence-electron chi connectivity index (χ3n) is 6.80. The van der Waals surface area contributed by atoms with Gasteiger partial charge < -0.3 is 4.74 Å². The van der Waals surface area contributed by atoms with E-state index < -0.39 is 6.17 Å². The van der Waals surface area contributed by atoms with Crippen molar-refractivity contribution in [3.8, 4) is 0 Å². The molecule has 0 bridgehead atoms. The minimum absolute atomic E-state index is 0.0550. The smallest absolute Gasteiger partial charge is 0.138 e. The summed E-state index contributed by atoms with van der Waals surface area (Å²) in [6, 6.07) is 8.34. The maximum atomic E-state index is 13.6. The van der Waals surface area contributed by atoms with E-state index in [0.717, 1.165) is 18.4 Å². The molecule has 4 unspecified atom stereocenters. The normalized spacial score (nSPS) is 21.9. The summed E-state index contributed by atoms with van der Waals surface area (Å²) in [6.07, 6.45) is 9.08. The monoisotopic (exact) mass is 486 g/mol. The van der Waals surface area contributed by atoms with Gasteiger partial charge in [-0.2, -0.15) is 0 Å². The molecular weight excluding hydrogens is 447 g/mol. The fourth-order valence-electron chi connectivity index (χ4n) is 4.62. The molecule has 0 N–H and O–H groups in total. The maximum Gasteiger partial charge on any atom is 0.138 e. The van der Waals surface area contributed by atoms with E-state index in [9.17, 15) is 9.18 Å². The summed E-state index contributed by atoms with van der Waals surface area (Å²) in [7, 11) is 0. The molecule has 0 aliphatic heterocycles. The number of ether oxygens (including phenoxy) is 1. The van der Waals surface area contributed by atoms with Crippen LogP contribution in [0, 0.1) is 17.3 Å². The summed E-state index contributed by atoms with van der Waals surface area (Å²) in [5.74, 6) is 0.267. The topological polar surface area (TPSA) is 26.3 Å². The number of hydrogen-bond donors (Lipinski definition) is 0. The van der Waals surface area contributed by atoms with Gasteiger partial charge in [0.05, 0.1) is 12.4 Å². The number of hydrogen-bond acceptors (Lipinski definition) is 2. The van der Waals surface area contributed by atoms with Gasteiger partial charge >= 0.3 is 0 Å². The van der Waals surface area contributed by atoms with E-state index in [4.69, 9.17) is 16.3 Å². The molecule has 1 aliphatic rings. The summed E-state index contributed by atoms with van der Waals surface area (Å²) >= 11 is 6.08. The van der Waals surface area contributed by atoms with E-state index >= 15 is 0 Å². The molecule has 0 heterocycles. The van der Waals surface area contributed by atoms with Crippen molar-refractivity contribution in [2.24, 2.45) is 17.3 Å². The number of allylic oxidation sites excluding steroid dienone is 7. The first-order valence-electron chi connectivity index (χ1n) is 12.3. The zero-order valence-electron chi connectivity index (χ0n) is 21.5. The molecule has 2 nitrogen and oxygen atoms in total. The second-order valence-electron chi connectivity index (χ2n) is 9.71. The molecule has 0 saturated heterocycles. The van der Waals surface area contributed by atoms with Crippen LogP contribution in [-0.2, 0) is 16.0 Å². The minimum atomic E-state index is -1.23. The van der Waals surface area contributed by atoms with Gasteiger partial charge in [0.2, 0.25) is 0 Å². The third kappa shape index (κ3) is 7.18. The lowest BCUT2D eigenvalue weighted by Gasteiger charge is -2.21. The van der Waals surface area contributed by atoms with Gasteiger partial charge in [-0.15, -0.1) is 0 Å². The highest BCUT2D eigenvalue weighted by molar-refractivity contribution is 6.30. The molecule has 1 aromatic carbocycles. The predicted octanol–water partition coefficient (Wildman–Crippen LogP) is 8.49. The van der Waals surface area contributed by atoms with Gasteiger partial charge in [0.25, 0.3) is 0 Å². The van der Waals surface area contributed by atoms with Crippen LogP contribution in [0.25, 0.3) is 0 Å². The minimum Gasteiger partial charge on any atom is -0.498 e. The lowest BCUT2D eigenvalue weighted by atomic mass is 9.88. The number of carbonyl (C=O) groups is 1. The Hall–Kier alpha value is -2.13. The van der Waals surface area contributed by atoms with Crippen LogP contribution in [0.4, 0.5) is 4.39 Å². The molecule has 4 atom stereocenters. The van der Waals surface area contributed by atoms with Gasteiger partial charge in [-0.25, -0.2) is 4.39 Å². The average molecular weight is 487 g/mol. The van der Waals surface area contributed by atoms with Crippen molar-refractivity contribution in [2.75, 3.05) is 6.61 Å². The Bertz CT molecular complexity index is 954. The van der Waals surface area contributed by atoms with E-state index in [1.165, 1.54) is 18.1 Å². The molecule has 1 fully saturated rings. The zero-order chi connectivity index (χ0) is 25.5. The summed E-state index contributed by atoms with van der Waals surface area (Å²) in [6.45, 7) is 16.2. The van der Waals surface area contributed by atoms with Gasteiger partial charge in [0.15, 0.2) is 0 Å². The number of Topliss-reactive ketones (excluding diaryl/α,β-unsaturated/α-hetero) is 1. The lowest BCUT2D eigenvalue weighted by molar-refractivity contribution is -0.121. The zero-order valence-corrected chi connectivity index (χ0v) is 22.3. The molecule has 1 aliphatic carbocycles. The van der Waals surface area contributed by atoms with Gasteiger partial charge in [-0.1, -0.05) is 87.5 Å². The molecule has 0 amide bonds. The number of ketones is 1. The summed E-state index contributed by atoms with van der Waals surface area (Å²) in [5, 5.41) is 0.174. The first-order valence-corrected chi connectivity index (χ1v) is 12.7. The van der Waals surface area contributed by atoms with Crippen molar-refractivity contribution in [3.63, 3.8) is 0 Å². The number of benzene rings is 1. The molecule has 2 rings (SSSR count). The van der Waals surface area contributed by atoms with E-state index in [-0.39, 0.29) is 34.0 Å². The lowest BCUT2D eigenvalue weighted by Crippen LogP contribution is -2.15. The van der Waals surface area contributed by atoms with Crippen LogP contribution >= 0.6 is 11.6 Å². The van der Waals surface area contributed by atoms with Crippen LogP contribution in [0.15, 0.2) is 71.5 Å². The van der Waals surface area contributed by atoms with Gasteiger partial charge in [0, 0.05) is 23.3 Å².